The third-order valence-corrected chi connectivity index (χ3v) is 5.03. The van der Waals surface area contributed by atoms with Crippen LogP contribution in [0, 0.1) is 17.1 Å². The van der Waals surface area contributed by atoms with Crippen molar-refractivity contribution in [3.63, 3.8) is 0 Å². The number of nitrogens with zero attached hydrogens (tertiary/aromatic N) is 4. The molecule has 1 N–H and O–H groups in total. The number of hydrogen-bond donors (Lipinski definition) is 1. The van der Waals surface area contributed by atoms with Gasteiger partial charge in [-0.15, -0.1) is 0 Å². The molecule has 2 heterocycles. The highest BCUT2D eigenvalue weighted by atomic mass is 35.5. The summed E-state index contributed by atoms with van der Waals surface area (Å²) in [5.74, 6) is -1.81. The molecule has 0 aliphatic rings. The predicted octanol–water partition coefficient (Wildman–Crippen LogP) is 4.52. The maximum atomic E-state index is 13.6. The molecule has 0 aliphatic heterocycles. The number of aromatic nitrogens is 4. The number of ether oxygens (including phenoxy) is 1. The van der Waals surface area contributed by atoms with Gasteiger partial charge in [-0.2, -0.15) is 18.4 Å². The van der Waals surface area contributed by atoms with E-state index in [-0.39, 0.29) is 27.7 Å². The summed E-state index contributed by atoms with van der Waals surface area (Å²) >= 11 is 5.87. The molecule has 182 valence electrons. The molecule has 8 nitrogen and oxygen atoms in total. The Morgan fingerprint density at radius 1 is 1.11 bits per heavy atom. The van der Waals surface area contributed by atoms with Gasteiger partial charge in [-0.1, -0.05) is 11.6 Å². The highest BCUT2D eigenvalue weighted by Gasteiger charge is 2.38. The molecule has 0 saturated carbocycles. The molecule has 0 radical (unpaired) electrons. The fourth-order valence-electron chi connectivity index (χ4n) is 3.15. The fourth-order valence-corrected chi connectivity index (χ4v) is 3.38. The van der Waals surface area contributed by atoms with Crippen LogP contribution in [0.1, 0.15) is 16.8 Å². The van der Waals surface area contributed by atoms with E-state index in [1.165, 1.54) is 30.3 Å². The van der Waals surface area contributed by atoms with E-state index in [1.54, 1.807) is 6.07 Å². The number of hydrogen-bond acceptors (Lipinski definition) is 6. The topological polar surface area (TPSA) is 114 Å². The van der Waals surface area contributed by atoms with Gasteiger partial charge in [-0.25, -0.2) is 14.4 Å². The van der Waals surface area contributed by atoms with Gasteiger partial charge in [0.05, 0.1) is 30.1 Å². The predicted molar refractivity (Wildman–Crippen MR) is 119 cm³/mol. The molecule has 0 fully saturated rings. The minimum Gasteiger partial charge on any atom is -0.449 e. The van der Waals surface area contributed by atoms with Crippen LogP contribution in [0.4, 0.5) is 17.6 Å². The molecule has 0 bridgehead atoms. The van der Waals surface area contributed by atoms with E-state index in [0.29, 0.717) is 11.9 Å². The van der Waals surface area contributed by atoms with Crippen molar-refractivity contribution in [2.45, 2.75) is 12.7 Å². The second-order valence-corrected chi connectivity index (χ2v) is 7.77. The van der Waals surface area contributed by atoms with Crippen molar-refractivity contribution in [2.75, 3.05) is 0 Å². The third-order valence-electron chi connectivity index (χ3n) is 4.82. The van der Waals surface area contributed by atoms with Crippen LogP contribution < -0.4 is 15.9 Å². The molecule has 13 heteroatoms. The molecule has 0 unspecified atom stereocenters. The Balaban J connectivity index is 1.72. The number of nitriles is 1. The summed E-state index contributed by atoms with van der Waals surface area (Å²) in [5.41, 5.74) is -3.16. The van der Waals surface area contributed by atoms with Crippen molar-refractivity contribution in [3.8, 4) is 29.0 Å². The number of alkyl halides is 3. The summed E-state index contributed by atoms with van der Waals surface area (Å²) in [7, 11) is 0. The van der Waals surface area contributed by atoms with Gasteiger partial charge in [0, 0.05) is 16.8 Å². The average molecular weight is 518 g/mol. The van der Waals surface area contributed by atoms with Gasteiger partial charge >= 0.3 is 6.18 Å². The van der Waals surface area contributed by atoms with E-state index in [0.717, 1.165) is 22.9 Å². The van der Waals surface area contributed by atoms with Crippen LogP contribution >= 0.6 is 11.6 Å². The standard InChI is InChI=1S/C23H12ClF4N5O3/c24-15-5-12(8-29)6-17(7-15)36-18-19(23(26,27)28)31-11-33(22(18)35)10-14-9-30-20(32-21(14)34)13-1-3-16(25)4-2-13/h1-7,9,11H,10H2,(H,30,32,34). The second kappa shape index (κ2) is 9.63. The van der Waals surface area contributed by atoms with Gasteiger partial charge < -0.3 is 9.72 Å². The van der Waals surface area contributed by atoms with E-state index in [9.17, 15) is 27.2 Å². The van der Waals surface area contributed by atoms with E-state index < -0.39 is 41.1 Å². The zero-order valence-electron chi connectivity index (χ0n) is 17.8. The first-order valence-corrected chi connectivity index (χ1v) is 10.3. The molecule has 36 heavy (non-hydrogen) atoms. The van der Waals surface area contributed by atoms with E-state index in [4.69, 9.17) is 21.6 Å². The summed E-state index contributed by atoms with van der Waals surface area (Å²) in [6.07, 6.45) is -3.28. The molecule has 2 aromatic carbocycles. The highest BCUT2D eigenvalue weighted by Crippen LogP contribution is 2.35. The lowest BCUT2D eigenvalue weighted by atomic mass is 10.2. The van der Waals surface area contributed by atoms with Crippen molar-refractivity contribution in [1.82, 2.24) is 19.5 Å². The van der Waals surface area contributed by atoms with Gasteiger partial charge in [0.25, 0.3) is 11.1 Å². The quantitative estimate of drug-likeness (QED) is 0.389. The smallest absolute Gasteiger partial charge is 0.437 e. The number of H-pyrrole nitrogens is 1. The normalized spacial score (nSPS) is 11.2. The Labute approximate surface area is 204 Å². The van der Waals surface area contributed by atoms with E-state index in [2.05, 4.69) is 15.0 Å². The average Bonchev–Trinajstić information content (AvgIpc) is 2.82. The fraction of sp³-hybridized carbons (Fsp3) is 0.0870. The first kappa shape index (κ1) is 24.6. The molecule has 0 aliphatic carbocycles. The minimum absolute atomic E-state index is 0.000627. The Hall–Kier alpha value is -4.50. The van der Waals surface area contributed by atoms with Gasteiger partial charge in [0.15, 0.2) is 5.69 Å². The molecule has 4 aromatic rings. The van der Waals surface area contributed by atoms with Crippen molar-refractivity contribution in [3.05, 3.63) is 103 Å². The van der Waals surface area contributed by atoms with Crippen LogP contribution in [0.3, 0.4) is 0 Å². The van der Waals surface area contributed by atoms with Crippen molar-refractivity contribution < 1.29 is 22.3 Å². The molecule has 0 saturated heterocycles. The lowest BCUT2D eigenvalue weighted by molar-refractivity contribution is -0.142. The summed E-state index contributed by atoms with van der Waals surface area (Å²) in [6.45, 7) is -0.481. The largest absolute Gasteiger partial charge is 0.449 e. The Bertz CT molecular complexity index is 1610. The van der Waals surface area contributed by atoms with Gasteiger partial charge in [0.2, 0.25) is 5.75 Å². The summed E-state index contributed by atoms with van der Waals surface area (Å²) < 4.78 is 59.7. The molecule has 2 aromatic heterocycles. The summed E-state index contributed by atoms with van der Waals surface area (Å²) in [4.78, 5) is 35.4. The second-order valence-electron chi connectivity index (χ2n) is 7.34. The maximum absolute atomic E-state index is 13.6. The van der Waals surface area contributed by atoms with Crippen LogP contribution in [0.25, 0.3) is 11.4 Å². The zero-order chi connectivity index (χ0) is 26.0. The van der Waals surface area contributed by atoms with Crippen LogP contribution in [0.2, 0.25) is 5.02 Å². The molecular weight excluding hydrogens is 506 g/mol. The molecule has 0 atom stereocenters. The SMILES string of the molecule is N#Cc1cc(Cl)cc(Oc2c(C(F)(F)F)ncn(Cc3cnc(-c4ccc(F)cc4)[nH]c3=O)c2=O)c1. The van der Waals surface area contributed by atoms with Crippen molar-refractivity contribution in [1.29, 1.82) is 5.26 Å². The molecule has 4 rings (SSSR count). The van der Waals surface area contributed by atoms with Gasteiger partial charge in [-0.05, 0) is 42.5 Å². The maximum Gasteiger partial charge on any atom is 0.437 e. The Kier molecular flexibility index (Phi) is 6.59. The van der Waals surface area contributed by atoms with Gasteiger partial charge in [-0.3, -0.25) is 14.2 Å². The van der Waals surface area contributed by atoms with E-state index in [1.807, 2.05) is 0 Å². The summed E-state index contributed by atoms with van der Waals surface area (Å²) in [6, 6.07) is 10.4. The van der Waals surface area contributed by atoms with Gasteiger partial charge in [0.1, 0.15) is 17.4 Å². The summed E-state index contributed by atoms with van der Waals surface area (Å²) in [5, 5.41) is 9.05. The third kappa shape index (κ3) is 5.26. The first-order chi connectivity index (χ1) is 17.0. The highest BCUT2D eigenvalue weighted by molar-refractivity contribution is 6.30. The van der Waals surface area contributed by atoms with Crippen molar-refractivity contribution in [2.24, 2.45) is 0 Å². The number of rotatable bonds is 5. The number of nitrogens with one attached hydrogen (secondary N) is 1. The Morgan fingerprint density at radius 2 is 1.83 bits per heavy atom. The van der Waals surface area contributed by atoms with Crippen LogP contribution in [0.15, 0.2) is 64.6 Å². The lowest BCUT2D eigenvalue weighted by Crippen LogP contribution is -2.28. The van der Waals surface area contributed by atoms with Crippen LogP contribution in [0.5, 0.6) is 11.5 Å². The Morgan fingerprint density at radius 3 is 2.47 bits per heavy atom. The van der Waals surface area contributed by atoms with E-state index >= 15 is 0 Å². The number of halogens is 5. The minimum atomic E-state index is -5.04. The molecule has 0 amide bonds. The lowest BCUT2D eigenvalue weighted by Gasteiger charge is -2.15. The number of aromatic amines is 1. The molecule has 0 spiro atoms. The monoisotopic (exact) mass is 517 g/mol. The van der Waals surface area contributed by atoms with Crippen LogP contribution in [-0.2, 0) is 12.7 Å². The zero-order valence-corrected chi connectivity index (χ0v) is 18.6. The molecular formula is C23H12ClF4N5O3. The van der Waals surface area contributed by atoms with Crippen molar-refractivity contribution >= 4 is 11.6 Å². The number of benzene rings is 2. The first-order valence-electron chi connectivity index (χ1n) is 9.94. The van der Waals surface area contributed by atoms with Crippen LogP contribution in [-0.4, -0.2) is 19.5 Å².